The van der Waals surface area contributed by atoms with Gasteiger partial charge >= 0.3 is 0 Å². The van der Waals surface area contributed by atoms with Crippen LogP contribution in [-0.4, -0.2) is 4.98 Å². The molecule has 16 heavy (non-hydrogen) atoms. The predicted octanol–water partition coefficient (Wildman–Crippen LogP) is 1.69. The minimum Gasteiger partial charge on any atom is -0.326 e. The number of pyridine rings is 1. The molecule has 0 saturated carbocycles. The Morgan fingerprint density at radius 1 is 0.812 bits per heavy atom. The maximum absolute atomic E-state index is 5.35. The number of nitrogens with zero attached hydrogens (tertiary/aromatic N) is 1. The first-order valence-corrected chi connectivity index (χ1v) is 5.20. The first-order chi connectivity index (χ1) is 7.86. The molecular weight excluding hydrogens is 198 g/mol. The van der Waals surface area contributed by atoms with E-state index in [1.165, 1.54) is 5.56 Å². The van der Waals surface area contributed by atoms with Gasteiger partial charge in [-0.3, -0.25) is 4.98 Å². The Morgan fingerprint density at radius 2 is 1.50 bits per heavy atom. The largest absolute Gasteiger partial charge is 0.326 e. The Balaban J connectivity index is 0.000000160. The Kier molecular flexibility index (Phi) is 5.84. The summed E-state index contributed by atoms with van der Waals surface area (Å²) in [5.74, 6) is 0. The van der Waals surface area contributed by atoms with Crippen LogP contribution >= 0.6 is 0 Å². The maximum atomic E-state index is 5.35. The van der Waals surface area contributed by atoms with Crippen LogP contribution in [0, 0.1) is 0 Å². The molecule has 4 N–H and O–H groups in total. The molecule has 0 saturated heterocycles. The van der Waals surface area contributed by atoms with Crippen molar-refractivity contribution in [3.63, 3.8) is 0 Å². The van der Waals surface area contributed by atoms with Crippen molar-refractivity contribution in [2.24, 2.45) is 11.5 Å². The van der Waals surface area contributed by atoms with Crippen LogP contribution in [0.25, 0.3) is 0 Å². The van der Waals surface area contributed by atoms with Gasteiger partial charge in [0.25, 0.3) is 0 Å². The Hall–Kier alpha value is -1.71. The average molecular weight is 215 g/mol. The number of nitrogens with two attached hydrogens (primary N) is 2. The summed E-state index contributed by atoms with van der Waals surface area (Å²) in [5, 5.41) is 0. The van der Waals surface area contributed by atoms with E-state index in [1.807, 2.05) is 48.5 Å². The zero-order chi connectivity index (χ0) is 11.6. The van der Waals surface area contributed by atoms with Crippen LogP contribution < -0.4 is 11.5 Å². The lowest BCUT2D eigenvalue weighted by molar-refractivity contribution is 0.991. The lowest BCUT2D eigenvalue weighted by atomic mass is 10.2. The molecule has 0 aliphatic heterocycles. The van der Waals surface area contributed by atoms with Crippen LogP contribution in [0.4, 0.5) is 0 Å². The monoisotopic (exact) mass is 215 g/mol. The van der Waals surface area contributed by atoms with Gasteiger partial charge in [-0.1, -0.05) is 36.4 Å². The van der Waals surface area contributed by atoms with Crippen molar-refractivity contribution in [1.82, 2.24) is 4.98 Å². The molecule has 3 nitrogen and oxygen atoms in total. The summed E-state index contributed by atoms with van der Waals surface area (Å²) in [5.41, 5.74) is 12.8. The van der Waals surface area contributed by atoms with E-state index in [1.54, 1.807) is 6.20 Å². The number of hydrogen-bond donors (Lipinski definition) is 2. The third-order valence-electron chi connectivity index (χ3n) is 2.01. The summed E-state index contributed by atoms with van der Waals surface area (Å²) in [6.07, 6.45) is 1.74. The number of benzene rings is 1. The molecule has 0 unspecified atom stereocenters. The molecule has 0 fully saturated rings. The third-order valence-corrected chi connectivity index (χ3v) is 2.01. The van der Waals surface area contributed by atoms with Crippen LogP contribution in [0.1, 0.15) is 11.3 Å². The second kappa shape index (κ2) is 7.56. The van der Waals surface area contributed by atoms with Crippen molar-refractivity contribution in [3.8, 4) is 0 Å². The van der Waals surface area contributed by atoms with Crippen LogP contribution in [0.15, 0.2) is 54.7 Å². The Labute approximate surface area is 96.1 Å². The summed E-state index contributed by atoms with van der Waals surface area (Å²) < 4.78 is 0. The molecule has 0 atom stereocenters. The minimum absolute atomic E-state index is 0.529. The van der Waals surface area contributed by atoms with Crippen LogP contribution in [0.5, 0.6) is 0 Å². The van der Waals surface area contributed by atoms with Gasteiger partial charge in [-0.05, 0) is 17.7 Å². The molecular formula is C13H17N3. The molecule has 0 aliphatic rings. The van der Waals surface area contributed by atoms with Gasteiger partial charge in [-0.2, -0.15) is 0 Å². The highest BCUT2D eigenvalue weighted by Gasteiger charge is 1.82. The molecule has 2 rings (SSSR count). The third kappa shape index (κ3) is 4.68. The number of aromatic nitrogens is 1. The molecule has 1 heterocycles. The fourth-order valence-corrected chi connectivity index (χ4v) is 1.13. The SMILES string of the molecule is NCc1ccccc1.NCc1ccccn1. The predicted molar refractivity (Wildman–Crippen MR) is 66.5 cm³/mol. The molecule has 84 valence electrons. The second-order valence-corrected chi connectivity index (χ2v) is 3.21. The van der Waals surface area contributed by atoms with Gasteiger partial charge < -0.3 is 11.5 Å². The van der Waals surface area contributed by atoms with E-state index in [-0.39, 0.29) is 0 Å². The van der Waals surface area contributed by atoms with Crippen molar-refractivity contribution in [2.45, 2.75) is 13.1 Å². The van der Waals surface area contributed by atoms with Crippen LogP contribution in [0.2, 0.25) is 0 Å². The quantitative estimate of drug-likeness (QED) is 0.801. The second-order valence-electron chi connectivity index (χ2n) is 3.21. The van der Waals surface area contributed by atoms with Crippen molar-refractivity contribution in [2.75, 3.05) is 0 Å². The fraction of sp³-hybridized carbons (Fsp3) is 0.154. The molecule has 1 aromatic heterocycles. The van der Waals surface area contributed by atoms with Crippen LogP contribution in [0.3, 0.4) is 0 Å². The summed E-state index contributed by atoms with van der Waals surface area (Å²) in [7, 11) is 0. The molecule has 0 bridgehead atoms. The van der Waals surface area contributed by atoms with Crippen molar-refractivity contribution >= 4 is 0 Å². The van der Waals surface area contributed by atoms with E-state index >= 15 is 0 Å². The van der Waals surface area contributed by atoms with Crippen molar-refractivity contribution in [3.05, 3.63) is 66.0 Å². The van der Waals surface area contributed by atoms with E-state index in [0.717, 1.165) is 5.69 Å². The van der Waals surface area contributed by atoms with Gasteiger partial charge in [-0.25, -0.2) is 0 Å². The lowest BCUT2D eigenvalue weighted by Crippen LogP contribution is -1.97. The number of hydrogen-bond acceptors (Lipinski definition) is 3. The molecule has 1 aromatic carbocycles. The zero-order valence-electron chi connectivity index (χ0n) is 9.21. The molecule has 0 spiro atoms. The highest BCUT2D eigenvalue weighted by Crippen LogP contribution is 1.94. The van der Waals surface area contributed by atoms with Gasteiger partial charge in [0, 0.05) is 19.3 Å². The van der Waals surface area contributed by atoms with Gasteiger partial charge in [0.1, 0.15) is 0 Å². The standard InChI is InChI=1S/C7H9N.C6H8N2/c8-6-7-4-2-1-3-5-7;7-5-6-3-1-2-4-8-6/h1-5H,6,8H2;1-4H,5,7H2. The highest BCUT2D eigenvalue weighted by molar-refractivity contribution is 5.13. The topological polar surface area (TPSA) is 64.9 Å². The van der Waals surface area contributed by atoms with E-state index < -0.39 is 0 Å². The van der Waals surface area contributed by atoms with Gasteiger partial charge in [0.2, 0.25) is 0 Å². The average Bonchev–Trinajstić information content (AvgIpc) is 2.41. The first kappa shape index (κ1) is 12.4. The van der Waals surface area contributed by atoms with Gasteiger partial charge in [0.15, 0.2) is 0 Å². The fourth-order valence-electron chi connectivity index (χ4n) is 1.13. The normalized spacial score (nSPS) is 9.12. The van der Waals surface area contributed by atoms with E-state index in [0.29, 0.717) is 13.1 Å². The molecule has 0 aliphatic carbocycles. The van der Waals surface area contributed by atoms with E-state index in [9.17, 15) is 0 Å². The van der Waals surface area contributed by atoms with E-state index in [4.69, 9.17) is 11.5 Å². The van der Waals surface area contributed by atoms with Gasteiger partial charge in [-0.15, -0.1) is 0 Å². The van der Waals surface area contributed by atoms with Gasteiger partial charge in [0.05, 0.1) is 5.69 Å². The summed E-state index contributed by atoms with van der Waals surface area (Å²) in [6.45, 7) is 1.17. The summed E-state index contributed by atoms with van der Waals surface area (Å²) >= 11 is 0. The molecule has 3 heteroatoms. The Morgan fingerprint density at radius 3 is 1.88 bits per heavy atom. The highest BCUT2D eigenvalue weighted by atomic mass is 14.7. The van der Waals surface area contributed by atoms with E-state index in [2.05, 4.69) is 4.98 Å². The molecule has 2 aromatic rings. The Bertz CT molecular complexity index is 333. The first-order valence-electron chi connectivity index (χ1n) is 5.20. The lowest BCUT2D eigenvalue weighted by Gasteiger charge is -1.90. The zero-order valence-corrected chi connectivity index (χ0v) is 9.21. The summed E-state index contributed by atoms with van der Waals surface area (Å²) in [4.78, 5) is 3.97. The smallest absolute Gasteiger partial charge is 0.0539 e. The molecule has 0 amide bonds. The summed E-state index contributed by atoms with van der Waals surface area (Å²) in [6, 6.07) is 15.7. The van der Waals surface area contributed by atoms with Crippen molar-refractivity contribution in [1.29, 1.82) is 0 Å². The minimum atomic E-state index is 0.529. The molecule has 0 radical (unpaired) electrons. The van der Waals surface area contributed by atoms with Crippen molar-refractivity contribution < 1.29 is 0 Å². The maximum Gasteiger partial charge on any atom is 0.0539 e. The number of rotatable bonds is 2. The van der Waals surface area contributed by atoms with Crippen LogP contribution in [-0.2, 0) is 13.1 Å².